The number of nitrogens with zero attached hydrogens (tertiary/aromatic N) is 1. The Labute approximate surface area is 186 Å². The summed E-state index contributed by atoms with van der Waals surface area (Å²) >= 11 is 0. The number of hydrogen-bond donors (Lipinski definition) is 2. The van der Waals surface area contributed by atoms with Gasteiger partial charge in [-0.2, -0.15) is 0 Å². The molecule has 0 bridgehead atoms. The smallest absolute Gasteiger partial charge is 0.231 e. The number of nitrogens with one attached hydrogen (secondary N) is 1. The fourth-order valence-corrected chi connectivity index (χ4v) is 4.15. The molecule has 0 fully saturated rings. The van der Waals surface area contributed by atoms with Crippen LogP contribution in [0.5, 0.6) is 28.7 Å². The van der Waals surface area contributed by atoms with Crippen LogP contribution in [0.25, 0.3) is 0 Å². The molecule has 0 saturated carbocycles. The molecule has 0 saturated heterocycles. The van der Waals surface area contributed by atoms with Crippen LogP contribution >= 0.6 is 0 Å². The van der Waals surface area contributed by atoms with Gasteiger partial charge in [0, 0.05) is 29.3 Å². The summed E-state index contributed by atoms with van der Waals surface area (Å²) in [7, 11) is 3.27. The van der Waals surface area contributed by atoms with E-state index in [1.807, 2.05) is 54.6 Å². The van der Waals surface area contributed by atoms with Crippen LogP contribution in [0.3, 0.4) is 0 Å². The number of methoxy groups -OCH3 is 2. The Morgan fingerprint density at radius 1 is 0.938 bits per heavy atom. The average molecular weight is 432 g/mol. The van der Waals surface area contributed by atoms with Gasteiger partial charge >= 0.3 is 0 Å². The monoisotopic (exact) mass is 432 g/mol. The molecule has 164 valence electrons. The molecule has 3 aromatic rings. The maximum Gasteiger partial charge on any atom is 0.231 e. The van der Waals surface area contributed by atoms with Crippen LogP contribution in [0, 0.1) is 0 Å². The molecule has 2 atom stereocenters. The second-order valence-corrected chi connectivity index (χ2v) is 7.64. The second-order valence-electron chi connectivity index (χ2n) is 7.64. The molecule has 2 unspecified atom stereocenters. The molecule has 0 aromatic heterocycles. The number of phenolic OH excluding ortho intramolecular Hbond substituents is 1. The van der Waals surface area contributed by atoms with Gasteiger partial charge in [0.25, 0.3) is 0 Å². The predicted molar refractivity (Wildman–Crippen MR) is 120 cm³/mol. The first-order chi connectivity index (χ1) is 15.7. The number of para-hydroxylation sites is 1. The van der Waals surface area contributed by atoms with Crippen molar-refractivity contribution < 1.29 is 24.1 Å². The largest absolute Gasteiger partial charge is 0.508 e. The molecule has 2 aliphatic heterocycles. The van der Waals surface area contributed by atoms with Crippen LogP contribution < -0.4 is 24.3 Å². The van der Waals surface area contributed by atoms with E-state index in [0.29, 0.717) is 23.7 Å². The van der Waals surface area contributed by atoms with Gasteiger partial charge in [0.05, 0.1) is 14.2 Å². The molecule has 2 aliphatic rings. The number of aromatic hydroxyl groups is 1. The average Bonchev–Trinajstić information content (AvgIpc) is 3.31. The Balaban J connectivity index is 1.60. The maximum atomic E-state index is 10.5. The highest BCUT2D eigenvalue weighted by Gasteiger charge is 2.30. The fraction of sp³-hybridized carbons (Fsp3) is 0.240. The summed E-state index contributed by atoms with van der Waals surface area (Å²) in [5.74, 6) is 3.10. The van der Waals surface area contributed by atoms with E-state index >= 15 is 0 Å². The van der Waals surface area contributed by atoms with Gasteiger partial charge in [-0.05, 0) is 48.0 Å². The Morgan fingerprint density at radius 2 is 1.78 bits per heavy atom. The van der Waals surface area contributed by atoms with Gasteiger partial charge in [-0.3, -0.25) is 10.3 Å². The third kappa shape index (κ3) is 3.71. The van der Waals surface area contributed by atoms with Gasteiger partial charge in [0.15, 0.2) is 11.5 Å². The zero-order valence-corrected chi connectivity index (χ0v) is 17.9. The first-order valence-corrected chi connectivity index (χ1v) is 10.4. The van der Waals surface area contributed by atoms with Crippen LogP contribution in [0.4, 0.5) is 0 Å². The Morgan fingerprint density at radius 3 is 2.59 bits per heavy atom. The lowest BCUT2D eigenvalue weighted by Crippen LogP contribution is -2.33. The maximum absolute atomic E-state index is 10.5. The number of fused-ring (bicyclic) bond motifs is 1. The van der Waals surface area contributed by atoms with E-state index in [9.17, 15) is 5.11 Å². The Bertz CT molecular complexity index is 1180. The third-order valence-corrected chi connectivity index (χ3v) is 5.79. The summed E-state index contributed by atoms with van der Waals surface area (Å²) in [6, 6.07) is 18.7. The van der Waals surface area contributed by atoms with Crippen molar-refractivity contribution in [1.29, 1.82) is 0 Å². The highest BCUT2D eigenvalue weighted by Crippen LogP contribution is 2.39. The van der Waals surface area contributed by atoms with Crippen molar-refractivity contribution in [3.05, 3.63) is 77.4 Å². The lowest BCUT2D eigenvalue weighted by molar-refractivity contribution is 0.174. The minimum absolute atomic E-state index is 0.157. The molecule has 2 N–H and O–H groups in total. The topological polar surface area (TPSA) is 81.5 Å². The van der Waals surface area contributed by atoms with Crippen molar-refractivity contribution in [1.82, 2.24) is 5.32 Å². The molecule has 0 spiro atoms. The minimum atomic E-state index is -0.404. The molecule has 0 amide bonds. The molecular formula is C25H24N2O5. The van der Waals surface area contributed by atoms with Crippen molar-refractivity contribution in [2.24, 2.45) is 4.99 Å². The fourth-order valence-electron chi connectivity index (χ4n) is 4.15. The minimum Gasteiger partial charge on any atom is -0.508 e. The molecule has 32 heavy (non-hydrogen) atoms. The van der Waals surface area contributed by atoms with Crippen LogP contribution in [0.15, 0.2) is 65.7 Å². The summed E-state index contributed by atoms with van der Waals surface area (Å²) in [6.07, 6.45) is 0.193. The van der Waals surface area contributed by atoms with E-state index in [4.69, 9.17) is 23.9 Å². The van der Waals surface area contributed by atoms with Crippen molar-refractivity contribution >= 4 is 5.71 Å². The highest BCUT2D eigenvalue weighted by molar-refractivity contribution is 6.02. The normalized spacial score (nSPS) is 19.4. The second kappa shape index (κ2) is 8.43. The van der Waals surface area contributed by atoms with E-state index in [0.717, 1.165) is 28.2 Å². The lowest BCUT2D eigenvalue weighted by atomic mass is 9.93. The first-order valence-electron chi connectivity index (χ1n) is 10.4. The van der Waals surface area contributed by atoms with E-state index in [1.54, 1.807) is 20.3 Å². The lowest BCUT2D eigenvalue weighted by Gasteiger charge is -2.31. The van der Waals surface area contributed by atoms with Crippen LogP contribution in [0.2, 0.25) is 0 Å². The Kier molecular flexibility index (Phi) is 5.33. The van der Waals surface area contributed by atoms with Gasteiger partial charge in [-0.15, -0.1) is 0 Å². The summed E-state index contributed by atoms with van der Waals surface area (Å²) in [6.45, 7) is 0.219. The SMILES string of the molecule is COc1ccc(OC)c(C2N=C(c3ccc4c(c3)OCO4)CC(c3ccccc3O)N2)c1. The zero-order chi connectivity index (χ0) is 22.1. The van der Waals surface area contributed by atoms with Crippen molar-refractivity contribution in [2.75, 3.05) is 21.0 Å². The molecular weight excluding hydrogens is 408 g/mol. The van der Waals surface area contributed by atoms with Crippen LogP contribution in [-0.2, 0) is 0 Å². The third-order valence-electron chi connectivity index (χ3n) is 5.79. The van der Waals surface area contributed by atoms with Crippen LogP contribution in [-0.4, -0.2) is 31.8 Å². The van der Waals surface area contributed by atoms with E-state index in [2.05, 4.69) is 5.32 Å². The number of aliphatic imine (C=N–C) groups is 1. The summed E-state index contributed by atoms with van der Waals surface area (Å²) < 4.78 is 22.1. The number of phenols is 1. The van der Waals surface area contributed by atoms with E-state index < -0.39 is 6.17 Å². The van der Waals surface area contributed by atoms with Gasteiger partial charge in [0.1, 0.15) is 23.4 Å². The van der Waals surface area contributed by atoms with E-state index in [1.165, 1.54) is 0 Å². The van der Waals surface area contributed by atoms with Gasteiger partial charge in [-0.1, -0.05) is 18.2 Å². The molecule has 0 aliphatic carbocycles. The summed E-state index contributed by atoms with van der Waals surface area (Å²) in [4.78, 5) is 5.03. The van der Waals surface area contributed by atoms with Gasteiger partial charge in [-0.25, -0.2) is 0 Å². The van der Waals surface area contributed by atoms with Crippen molar-refractivity contribution in [3.63, 3.8) is 0 Å². The number of rotatable bonds is 5. The number of ether oxygens (including phenoxy) is 4. The quantitative estimate of drug-likeness (QED) is 0.624. The van der Waals surface area contributed by atoms with Gasteiger partial charge in [0.2, 0.25) is 6.79 Å². The number of hydrogen-bond acceptors (Lipinski definition) is 7. The van der Waals surface area contributed by atoms with Gasteiger partial charge < -0.3 is 24.1 Å². The predicted octanol–water partition coefficient (Wildman–Crippen LogP) is 4.36. The summed E-state index contributed by atoms with van der Waals surface area (Å²) in [5.41, 5.74) is 3.51. The highest BCUT2D eigenvalue weighted by atomic mass is 16.7. The standard InChI is InChI=1S/C25H24N2O5/c1-29-16-8-10-22(30-2)18(12-16)25-26-19(15-7-9-23-24(11-15)32-14-31-23)13-20(27-25)17-5-3-4-6-21(17)28/h3-12,20,25,27-28H,13-14H2,1-2H3. The van der Waals surface area contributed by atoms with Crippen LogP contribution in [0.1, 0.15) is 35.3 Å². The van der Waals surface area contributed by atoms with Crippen molar-refractivity contribution in [3.8, 4) is 28.7 Å². The van der Waals surface area contributed by atoms with Crippen molar-refractivity contribution in [2.45, 2.75) is 18.6 Å². The molecule has 3 aromatic carbocycles. The number of benzene rings is 3. The zero-order valence-electron chi connectivity index (χ0n) is 17.9. The molecule has 2 heterocycles. The molecule has 5 rings (SSSR count). The summed E-state index contributed by atoms with van der Waals surface area (Å²) in [5, 5.41) is 14.1. The molecule has 7 heteroatoms. The first kappa shape index (κ1) is 20.2. The Hall–Kier alpha value is -3.71. The molecule has 0 radical (unpaired) electrons. The van der Waals surface area contributed by atoms with E-state index in [-0.39, 0.29) is 18.6 Å². The molecule has 7 nitrogen and oxygen atoms in total.